The minimum atomic E-state index is -3.83. The van der Waals surface area contributed by atoms with Gasteiger partial charge in [0, 0.05) is 30.5 Å². The fraction of sp³-hybridized carbons (Fsp3) is 0.545. The van der Waals surface area contributed by atoms with Crippen molar-refractivity contribution in [2.24, 2.45) is 0 Å². The van der Waals surface area contributed by atoms with Gasteiger partial charge in [0.25, 0.3) is 15.0 Å². The third kappa shape index (κ3) is 2.93. The molecule has 2 unspecified atom stereocenters. The maximum atomic E-state index is 12.2. The fourth-order valence-corrected chi connectivity index (χ4v) is 2.93. The van der Waals surface area contributed by atoms with Gasteiger partial charge in [0.1, 0.15) is 10.6 Å². The summed E-state index contributed by atoms with van der Waals surface area (Å²) in [6.45, 7) is 2.53. The van der Waals surface area contributed by atoms with Crippen molar-refractivity contribution in [1.29, 1.82) is 0 Å². The molecule has 0 aliphatic carbocycles. The van der Waals surface area contributed by atoms with E-state index in [1.165, 1.54) is 12.3 Å². The van der Waals surface area contributed by atoms with Crippen LogP contribution in [0.1, 0.15) is 23.8 Å². The summed E-state index contributed by atoms with van der Waals surface area (Å²) in [6.07, 6.45) is 1.95. The van der Waals surface area contributed by atoms with E-state index in [0.717, 1.165) is 6.42 Å². The van der Waals surface area contributed by atoms with Crippen LogP contribution in [-0.2, 0) is 13.8 Å². The van der Waals surface area contributed by atoms with Crippen molar-refractivity contribution in [3.8, 4) is 0 Å². The second kappa shape index (κ2) is 5.15. The van der Waals surface area contributed by atoms with Gasteiger partial charge in [-0.2, -0.15) is 0 Å². The minimum Gasteiger partial charge on any atom is -0.376 e. The zero-order valence-corrected chi connectivity index (χ0v) is 12.2. The van der Waals surface area contributed by atoms with E-state index in [2.05, 4.69) is 4.98 Å². The number of aromatic nitrogens is 1. The van der Waals surface area contributed by atoms with E-state index in [-0.39, 0.29) is 28.6 Å². The van der Waals surface area contributed by atoms with Gasteiger partial charge in [0.05, 0.1) is 12.1 Å². The molecule has 106 valence electrons. The molecule has 0 spiro atoms. The van der Waals surface area contributed by atoms with Gasteiger partial charge in [-0.3, -0.25) is 4.79 Å². The molecule has 2 rings (SSSR count). The van der Waals surface area contributed by atoms with E-state index >= 15 is 0 Å². The van der Waals surface area contributed by atoms with Gasteiger partial charge < -0.3 is 14.6 Å². The predicted molar refractivity (Wildman–Crippen MR) is 69.7 cm³/mol. The first-order valence-electron chi connectivity index (χ1n) is 5.82. The molecule has 2 atom stereocenters. The lowest BCUT2D eigenvalue weighted by molar-refractivity contribution is 0.0570. The number of carbonyl (C=O) groups is 1. The van der Waals surface area contributed by atoms with Crippen LogP contribution in [0.5, 0.6) is 0 Å². The molecule has 1 aliphatic heterocycles. The van der Waals surface area contributed by atoms with Crippen LogP contribution in [0, 0.1) is 0 Å². The molecule has 19 heavy (non-hydrogen) atoms. The average molecular weight is 307 g/mol. The molecule has 6 nitrogen and oxygen atoms in total. The minimum absolute atomic E-state index is 0.00754. The summed E-state index contributed by atoms with van der Waals surface area (Å²) in [7, 11) is 3.06. The Kier molecular flexibility index (Phi) is 3.89. The van der Waals surface area contributed by atoms with Gasteiger partial charge >= 0.3 is 0 Å². The maximum Gasteiger partial charge on any atom is 0.270 e. The molecule has 1 aromatic heterocycles. The van der Waals surface area contributed by atoms with Gasteiger partial charge in [-0.05, 0) is 19.4 Å². The molecular formula is C11H15ClN2O4S. The van der Waals surface area contributed by atoms with Crippen molar-refractivity contribution in [2.45, 2.75) is 30.4 Å². The standard InChI is InChI=1S/C11H15ClN2O4S/c1-7-10(3-4-18-7)14(2)11(15)9-5-8(6-13-9)19(12,16)17/h5-7,10,13H,3-4H2,1-2H3. The van der Waals surface area contributed by atoms with Crippen LogP contribution in [0.25, 0.3) is 0 Å². The maximum absolute atomic E-state index is 12.2. The first kappa shape index (κ1) is 14.4. The van der Waals surface area contributed by atoms with E-state index < -0.39 is 9.05 Å². The van der Waals surface area contributed by atoms with E-state index in [1.807, 2.05) is 6.92 Å². The number of nitrogens with one attached hydrogen (secondary N) is 1. The SMILES string of the molecule is CC1OCCC1N(C)C(=O)c1cc(S(=O)(=O)Cl)c[nH]1. The Bertz CT molecular complexity index is 583. The molecule has 1 aromatic rings. The lowest BCUT2D eigenvalue weighted by Crippen LogP contribution is -2.41. The summed E-state index contributed by atoms with van der Waals surface area (Å²) >= 11 is 0. The summed E-state index contributed by atoms with van der Waals surface area (Å²) < 4.78 is 27.7. The Balaban J connectivity index is 2.18. The zero-order valence-electron chi connectivity index (χ0n) is 10.6. The molecule has 0 radical (unpaired) electrons. The van der Waals surface area contributed by atoms with Crippen molar-refractivity contribution < 1.29 is 17.9 Å². The highest BCUT2D eigenvalue weighted by Gasteiger charge is 2.31. The summed E-state index contributed by atoms with van der Waals surface area (Å²) in [5, 5.41) is 0. The lowest BCUT2D eigenvalue weighted by Gasteiger charge is -2.26. The fourth-order valence-electron chi connectivity index (χ4n) is 2.21. The number of nitrogens with zero attached hydrogens (tertiary/aromatic N) is 1. The Morgan fingerprint density at radius 1 is 1.58 bits per heavy atom. The highest BCUT2D eigenvalue weighted by Crippen LogP contribution is 2.21. The topological polar surface area (TPSA) is 79.5 Å². The Hall–Kier alpha value is -1.05. The van der Waals surface area contributed by atoms with Crippen LogP contribution >= 0.6 is 10.7 Å². The van der Waals surface area contributed by atoms with Crippen molar-refractivity contribution in [3.63, 3.8) is 0 Å². The Labute approximate surface area is 116 Å². The van der Waals surface area contributed by atoms with Crippen molar-refractivity contribution in [1.82, 2.24) is 9.88 Å². The molecule has 2 heterocycles. The quantitative estimate of drug-likeness (QED) is 0.851. The molecule has 0 bridgehead atoms. The normalized spacial score (nSPS) is 23.5. The monoisotopic (exact) mass is 306 g/mol. The van der Waals surface area contributed by atoms with E-state index in [9.17, 15) is 13.2 Å². The Morgan fingerprint density at radius 2 is 2.26 bits per heavy atom. The predicted octanol–water partition coefficient (Wildman–Crippen LogP) is 1.19. The third-order valence-corrected chi connectivity index (χ3v) is 4.66. The molecule has 1 amide bonds. The smallest absolute Gasteiger partial charge is 0.270 e. The van der Waals surface area contributed by atoms with Crippen LogP contribution in [0.15, 0.2) is 17.2 Å². The van der Waals surface area contributed by atoms with Crippen molar-refractivity contribution in [3.05, 3.63) is 18.0 Å². The molecule has 0 saturated carbocycles. The van der Waals surface area contributed by atoms with E-state index in [4.69, 9.17) is 15.4 Å². The summed E-state index contributed by atoms with van der Waals surface area (Å²) in [6, 6.07) is 1.23. The molecule has 1 saturated heterocycles. The van der Waals surface area contributed by atoms with Crippen molar-refractivity contribution >= 4 is 25.6 Å². The highest BCUT2D eigenvalue weighted by atomic mass is 35.7. The first-order valence-corrected chi connectivity index (χ1v) is 8.13. The molecular weight excluding hydrogens is 292 g/mol. The highest BCUT2D eigenvalue weighted by molar-refractivity contribution is 8.13. The van der Waals surface area contributed by atoms with E-state index in [0.29, 0.717) is 6.61 Å². The average Bonchev–Trinajstić information content (AvgIpc) is 2.94. The van der Waals surface area contributed by atoms with Crippen LogP contribution in [-0.4, -0.2) is 50.0 Å². The summed E-state index contributed by atoms with van der Waals surface area (Å²) in [5.41, 5.74) is 0.195. The van der Waals surface area contributed by atoms with Gasteiger partial charge in [-0.25, -0.2) is 8.42 Å². The molecule has 8 heteroatoms. The number of H-pyrrole nitrogens is 1. The molecule has 1 fully saturated rings. The van der Waals surface area contributed by atoms with Gasteiger partial charge in [-0.1, -0.05) is 0 Å². The van der Waals surface area contributed by atoms with Crippen LogP contribution in [0.2, 0.25) is 0 Å². The van der Waals surface area contributed by atoms with E-state index in [1.54, 1.807) is 11.9 Å². The number of amides is 1. The largest absolute Gasteiger partial charge is 0.376 e. The van der Waals surface area contributed by atoms with Gasteiger partial charge in [0.2, 0.25) is 0 Å². The van der Waals surface area contributed by atoms with Gasteiger partial charge in [-0.15, -0.1) is 0 Å². The summed E-state index contributed by atoms with van der Waals surface area (Å²) in [4.78, 5) is 16.3. The van der Waals surface area contributed by atoms with Gasteiger partial charge in [0.15, 0.2) is 0 Å². The second-order valence-corrected chi connectivity index (χ2v) is 7.10. The number of halogens is 1. The van der Waals surface area contributed by atoms with Crippen molar-refractivity contribution in [2.75, 3.05) is 13.7 Å². The van der Waals surface area contributed by atoms with Crippen LogP contribution in [0.4, 0.5) is 0 Å². The molecule has 1 N–H and O–H groups in total. The van der Waals surface area contributed by atoms with Crippen LogP contribution in [0.3, 0.4) is 0 Å². The molecule has 1 aliphatic rings. The number of hydrogen-bond donors (Lipinski definition) is 1. The Morgan fingerprint density at radius 3 is 2.74 bits per heavy atom. The third-order valence-electron chi connectivity index (χ3n) is 3.32. The first-order chi connectivity index (χ1) is 8.80. The molecule has 0 aromatic carbocycles. The summed E-state index contributed by atoms with van der Waals surface area (Å²) in [5.74, 6) is -0.283. The number of likely N-dealkylation sites (N-methyl/N-ethyl adjacent to an activating group) is 1. The number of ether oxygens (including phenoxy) is 1. The van der Waals surface area contributed by atoms with Crippen LogP contribution < -0.4 is 0 Å². The lowest BCUT2D eigenvalue weighted by atomic mass is 10.1. The number of hydrogen-bond acceptors (Lipinski definition) is 4. The number of carbonyl (C=O) groups excluding carboxylic acids is 1. The zero-order chi connectivity index (χ0) is 14.2. The number of rotatable bonds is 3. The second-order valence-electron chi connectivity index (χ2n) is 4.53. The number of aromatic amines is 1.